The number of hydrogen-bond donors (Lipinski definition) is 0. The van der Waals surface area contributed by atoms with Crippen molar-refractivity contribution in [3.8, 4) is 17.9 Å². The van der Waals surface area contributed by atoms with E-state index in [1.807, 2.05) is 6.07 Å². The van der Waals surface area contributed by atoms with Gasteiger partial charge in [-0.15, -0.1) is 0 Å². The summed E-state index contributed by atoms with van der Waals surface area (Å²) in [5, 5.41) is 17.1. The van der Waals surface area contributed by atoms with Crippen molar-refractivity contribution in [3.05, 3.63) is 29.1 Å². The van der Waals surface area contributed by atoms with E-state index in [0.717, 1.165) is 0 Å². The van der Waals surface area contributed by atoms with Gasteiger partial charge in [0, 0.05) is 0 Å². The van der Waals surface area contributed by atoms with Crippen LogP contribution in [0.5, 0.6) is 5.75 Å². The van der Waals surface area contributed by atoms with Crippen LogP contribution in [0.4, 0.5) is 4.39 Å². The molecule has 0 aliphatic carbocycles. The topological polar surface area (TPSA) is 56.8 Å². The molecular formula is C10H7FN2O. The van der Waals surface area contributed by atoms with Crippen molar-refractivity contribution in [2.75, 3.05) is 7.11 Å². The molecule has 0 heterocycles. The highest BCUT2D eigenvalue weighted by atomic mass is 19.1. The molecular weight excluding hydrogens is 183 g/mol. The molecule has 0 amide bonds. The molecule has 14 heavy (non-hydrogen) atoms. The average molecular weight is 190 g/mol. The second kappa shape index (κ2) is 4.25. The maximum absolute atomic E-state index is 13.4. The summed E-state index contributed by atoms with van der Waals surface area (Å²) in [5.74, 6) is -0.689. The van der Waals surface area contributed by atoms with Crippen molar-refractivity contribution in [2.24, 2.45) is 0 Å². The molecule has 0 unspecified atom stereocenters. The molecule has 0 aromatic heterocycles. The monoisotopic (exact) mass is 190 g/mol. The van der Waals surface area contributed by atoms with Gasteiger partial charge < -0.3 is 4.74 Å². The summed E-state index contributed by atoms with van der Waals surface area (Å²) in [6, 6.07) is 6.51. The fraction of sp³-hybridized carbons (Fsp3) is 0.200. The Labute approximate surface area is 81.0 Å². The van der Waals surface area contributed by atoms with Gasteiger partial charge in [0.1, 0.15) is 6.07 Å². The third-order valence-corrected chi connectivity index (χ3v) is 1.79. The summed E-state index contributed by atoms with van der Waals surface area (Å²) >= 11 is 0. The lowest BCUT2D eigenvalue weighted by atomic mass is 10.1. The van der Waals surface area contributed by atoms with E-state index in [2.05, 4.69) is 0 Å². The van der Waals surface area contributed by atoms with E-state index in [1.54, 1.807) is 6.07 Å². The van der Waals surface area contributed by atoms with Crippen molar-refractivity contribution < 1.29 is 9.13 Å². The van der Waals surface area contributed by atoms with Crippen LogP contribution in [-0.2, 0) is 6.42 Å². The lowest BCUT2D eigenvalue weighted by molar-refractivity contribution is 0.385. The predicted octanol–water partition coefficient (Wildman–Crippen LogP) is 1.77. The molecule has 0 N–H and O–H groups in total. The van der Waals surface area contributed by atoms with Crippen molar-refractivity contribution in [3.63, 3.8) is 0 Å². The van der Waals surface area contributed by atoms with Gasteiger partial charge in [0.15, 0.2) is 11.6 Å². The molecule has 1 aromatic carbocycles. The second-order valence-electron chi connectivity index (χ2n) is 2.56. The predicted molar refractivity (Wildman–Crippen MR) is 47.0 cm³/mol. The molecule has 0 spiro atoms. The summed E-state index contributed by atoms with van der Waals surface area (Å²) in [4.78, 5) is 0. The number of nitriles is 2. The highest BCUT2D eigenvalue weighted by Gasteiger charge is 2.12. The van der Waals surface area contributed by atoms with Crippen LogP contribution in [0.25, 0.3) is 0 Å². The lowest BCUT2D eigenvalue weighted by Gasteiger charge is -2.05. The molecule has 1 rings (SSSR count). The van der Waals surface area contributed by atoms with Gasteiger partial charge in [0.25, 0.3) is 0 Å². The van der Waals surface area contributed by atoms with E-state index in [4.69, 9.17) is 15.3 Å². The summed E-state index contributed by atoms with van der Waals surface area (Å²) in [5.41, 5.74) is 0.263. The van der Waals surface area contributed by atoms with E-state index in [0.29, 0.717) is 5.56 Å². The zero-order valence-corrected chi connectivity index (χ0v) is 7.54. The van der Waals surface area contributed by atoms with Gasteiger partial charge in [-0.05, 0) is 11.6 Å². The Morgan fingerprint density at radius 3 is 2.64 bits per heavy atom. The quantitative estimate of drug-likeness (QED) is 0.714. The molecule has 0 radical (unpaired) electrons. The maximum Gasteiger partial charge on any atom is 0.183 e. The van der Waals surface area contributed by atoms with E-state index in [1.165, 1.54) is 19.2 Å². The number of benzene rings is 1. The third-order valence-electron chi connectivity index (χ3n) is 1.79. The minimum absolute atomic E-state index is 0.0169. The number of nitrogens with zero attached hydrogens (tertiary/aromatic N) is 2. The largest absolute Gasteiger partial charge is 0.494 e. The smallest absolute Gasteiger partial charge is 0.183 e. The molecule has 4 heteroatoms. The van der Waals surface area contributed by atoms with Gasteiger partial charge in [0.05, 0.1) is 25.2 Å². The van der Waals surface area contributed by atoms with Crippen LogP contribution in [0.2, 0.25) is 0 Å². The Kier molecular flexibility index (Phi) is 3.04. The molecule has 0 bridgehead atoms. The number of methoxy groups -OCH3 is 1. The summed E-state index contributed by atoms with van der Waals surface area (Å²) in [6.07, 6.45) is 0.0177. The Morgan fingerprint density at radius 1 is 1.43 bits per heavy atom. The first-order chi connectivity index (χ1) is 6.74. The molecule has 0 atom stereocenters. The normalized spacial score (nSPS) is 8.86. The van der Waals surface area contributed by atoms with Crippen molar-refractivity contribution in [1.29, 1.82) is 10.5 Å². The van der Waals surface area contributed by atoms with E-state index >= 15 is 0 Å². The Bertz CT molecular complexity index is 429. The lowest BCUT2D eigenvalue weighted by Crippen LogP contribution is -1.96. The molecule has 3 nitrogen and oxygen atoms in total. The molecule has 0 saturated heterocycles. The molecule has 0 aliphatic rings. The zero-order chi connectivity index (χ0) is 10.6. The molecule has 0 aliphatic heterocycles. The highest BCUT2D eigenvalue weighted by molar-refractivity contribution is 5.45. The van der Waals surface area contributed by atoms with Gasteiger partial charge in [-0.3, -0.25) is 0 Å². The summed E-state index contributed by atoms with van der Waals surface area (Å²) in [6.45, 7) is 0. The van der Waals surface area contributed by atoms with Gasteiger partial charge in [-0.25, -0.2) is 4.39 Å². The number of halogens is 1. The van der Waals surface area contributed by atoms with Crippen molar-refractivity contribution >= 4 is 0 Å². The fourth-order valence-electron chi connectivity index (χ4n) is 1.11. The first-order valence-electron chi connectivity index (χ1n) is 3.87. The van der Waals surface area contributed by atoms with Crippen LogP contribution >= 0.6 is 0 Å². The molecule has 0 saturated carbocycles. The van der Waals surface area contributed by atoms with E-state index in [-0.39, 0.29) is 17.7 Å². The van der Waals surface area contributed by atoms with Gasteiger partial charge in [-0.2, -0.15) is 10.5 Å². The number of hydrogen-bond acceptors (Lipinski definition) is 3. The minimum atomic E-state index is -0.706. The Balaban J connectivity index is 3.32. The third kappa shape index (κ3) is 1.65. The SMILES string of the molecule is COc1ccc(CC#N)c(C#N)c1F. The summed E-state index contributed by atoms with van der Waals surface area (Å²) < 4.78 is 18.1. The average Bonchev–Trinajstić information content (AvgIpc) is 2.19. The van der Waals surface area contributed by atoms with Crippen LogP contribution < -0.4 is 4.74 Å². The maximum atomic E-state index is 13.4. The number of ether oxygens (including phenoxy) is 1. The van der Waals surface area contributed by atoms with Crippen LogP contribution in [0.3, 0.4) is 0 Å². The first-order valence-corrected chi connectivity index (χ1v) is 3.87. The van der Waals surface area contributed by atoms with Gasteiger partial charge >= 0.3 is 0 Å². The fourth-order valence-corrected chi connectivity index (χ4v) is 1.11. The number of rotatable bonds is 2. The second-order valence-corrected chi connectivity index (χ2v) is 2.56. The van der Waals surface area contributed by atoms with E-state index in [9.17, 15) is 4.39 Å². The molecule has 0 fully saturated rings. The van der Waals surface area contributed by atoms with Crippen molar-refractivity contribution in [2.45, 2.75) is 6.42 Å². The van der Waals surface area contributed by atoms with Crippen LogP contribution in [0, 0.1) is 28.5 Å². The zero-order valence-electron chi connectivity index (χ0n) is 7.54. The Hall–Kier alpha value is -2.07. The first kappa shape index (κ1) is 10.0. The van der Waals surface area contributed by atoms with Crippen LogP contribution in [-0.4, -0.2) is 7.11 Å². The van der Waals surface area contributed by atoms with E-state index < -0.39 is 5.82 Å². The van der Waals surface area contributed by atoms with Crippen molar-refractivity contribution in [1.82, 2.24) is 0 Å². The summed E-state index contributed by atoms with van der Waals surface area (Å²) in [7, 11) is 1.32. The molecule has 70 valence electrons. The minimum Gasteiger partial charge on any atom is -0.494 e. The molecule has 1 aromatic rings. The van der Waals surface area contributed by atoms with Gasteiger partial charge in [0.2, 0.25) is 0 Å². The Morgan fingerprint density at radius 2 is 2.14 bits per heavy atom. The van der Waals surface area contributed by atoms with Gasteiger partial charge in [-0.1, -0.05) is 6.07 Å². The highest BCUT2D eigenvalue weighted by Crippen LogP contribution is 2.23. The van der Waals surface area contributed by atoms with Crippen LogP contribution in [0.1, 0.15) is 11.1 Å². The van der Waals surface area contributed by atoms with Crippen LogP contribution in [0.15, 0.2) is 12.1 Å². The standard InChI is InChI=1S/C10H7FN2O/c1-14-9-3-2-7(4-5-12)8(6-13)10(9)11/h2-3H,4H2,1H3.